The van der Waals surface area contributed by atoms with Crippen molar-refractivity contribution in [1.29, 1.82) is 5.26 Å². The second kappa shape index (κ2) is 8.65. The monoisotopic (exact) mass is 450 g/mol. The highest BCUT2D eigenvalue weighted by Crippen LogP contribution is 2.23. The van der Waals surface area contributed by atoms with Crippen molar-refractivity contribution >= 4 is 26.7 Å². The van der Waals surface area contributed by atoms with Crippen LogP contribution in [0.1, 0.15) is 46.9 Å². The van der Waals surface area contributed by atoms with Crippen LogP contribution in [-0.2, 0) is 10.0 Å². The maximum absolute atomic E-state index is 13.0. The van der Waals surface area contributed by atoms with E-state index in [9.17, 15) is 23.3 Å². The number of ketones is 1. The molecule has 0 bridgehead atoms. The summed E-state index contributed by atoms with van der Waals surface area (Å²) in [7, 11) is -3.62. The number of aromatic amines is 1. The molecule has 4 rings (SSSR count). The number of nitrogens with one attached hydrogen (secondary N) is 1. The zero-order chi connectivity index (χ0) is 22.9. The Labute approximate surface area is 185 Å². The number of rotatable bonds is 5. The highest BCUT2D eigenvalue weighted by atomic mass is 32.2. The van der Waals surface area contributed by atoms with Gasteiger partial charge >= 0.3 is 0 Å². The van der Waals surface area contributed by atoms with Crippen LogP contribution in [0.4, 0.5) is 0 Å². The van der Waals surface area contributed by atoms with E-state index in [0.717, 1.165) is 24.8 Å². The van der Waals surface area contributed by atoms with Gasteiger partial charge in [-0.25, -0.2) is 13.4 Å². The van der Waals surface area contributed by atoms with E-state index in [1.165, 1.54) is 28.6 Å². The van der Waals surface area contributed by atoms with Gasteiger partial charge in [0.2, 0.25) is 10.0 Å². The fourth-order valence-corrected chi connectivity index (χ4v) is 5.38. The van der Waals surface area contributed by atoms with Gasteiger partial charge in [0.1, 0.15) is 5.82 Å². The number of H-pyrrole nitrogens is 1. The first-order valence-electron chi connectivity index (χ1n) is 10.4. The van der Waals surface area contributed by atoms with E-state index in [1.807, 2.05) is 13.0 Å². The number of Topliss-reactive ketones (excluding diaryl/α,β-unsaturated/α-hetero) is 1. The first-order chi connectivity index (χ1) is 15.3. The zero-order valence-electron chi connectivity index (χ0n) is 17.5. The number of sulfonamides is 1. The van der Waals surface area contributed by atoms with Gasteiger partial charge in [0.05, 0.1) is 21.9 Å². The number of aryl methyl sites for hydroxylation is 1. The van der Waals surface area contributed by atoms with Crippen LogP contribution in [0.3, 0.4) is 0 Å². The molecule has 1 saturated heterocycles. The fraction of sp³-hybridized carbons (Fsp3) is 0.304. The van der Waals surface area contributed by atoms with Crippen LogP contribution in [0.2, 0.25) is 0 Å². The number of nitriles is 1. The molecule has 1 N–H and O–H groups in total. The Morgan fingerprint density at radius 3 is 2.47 bits per heavy atom. The molecule has 0 amide bonds. The summed E-state index contributed by atoms with van der Waals surface area (Å²) in [5, 5.41) is 10.0. The minimum absolute atomic E-state index is 0.0381. The summed E-state index contributed by atoms with van der Waals surface area (Å²) in [4.78, 5) is 32.4. The molecule has 1 aliphatic rings. The van der Waals surface area contributed by atoms with Crippen LogP contribution < -0.4 is 5.56 Å². The molecule has 2 heterocycles. The third kappa shape index (κ3) is 4.07. The summed E-state index contributed by atoms with van der Waals surface area (Å²) in [6.07, 6.45) is 2.67. The van der Waals surface area contributed by atoms with E-state index in [-0.39, 0.29) is 16.3 Å². The average Bonchev–Trinajstić information content (AvgIpc) is 2.80. The number of fused-ring (bicyclic) bond motifs is 1. The molecule has 164 valence electrons. The molecular formula is C23H22N4O4S. The molecule has 3 aromatic rings. The van der Waals surface area contributed by atoms with Gasteiger partial charge in [-0.05, 0) is 44.0 Å². The molecule has 2 aromatic carbocycles. The van der Waals surface area contributed by atoms with Gasteiger partial charge in [-0.1, -0.05) is 30.2 Å². The van der Waals surface area contributed by atoms with Crippen LogP contribution in [0.25, 0.3) is 10.9 Å². The summed E-state index contributed by atoms with van der Waals surface area (Å²) in [6, 6.07) is 12.6. The summed E-state index contributed by atoms with van der Waals surface area (Å²) < 4.78 is 27.1. The average molecular weight is 451 g/mol. The van der Waals surface area contributed by atoms with Gasteiger partial charge in [0, 0.05) is 18.7 Å². The van der Waals surface area contributed by atoms with Crippen molar-refractivity contribution in [2.45, 2.75) is 37.0 Å². The van der Waals surface area contributed by atoms with Crippen LogP contribution in [0, 0.1) is 18.3 Å². The normalized spacial score (nSPS) is 15.9. The molecule has 1 atom stereocenters. The molecule has 32 heavy (non-hydrogen) atoms. The van der Waals surface area contributed by atoms with E-state index >= 15 is 0 Å². The van der Waals surface area contributed by atoms with Gasteiger partial charge in [0.25, 0.3) is 5.56 Å². The van der Waals surface area contributed by atoms with E-state index in [0.29, 0.717) is 24.0 Å². The first kappa shape index (κ1) is 21.9. The molecule has 0 spiro atoms. The number of carbonyl (C=O) groups excluding carboxylic acids is 1. The van der Waals surface area contributed by atoms with Gasteiger partial charge in [-0.3, -0.25) is 9.59 Å². The smallest absolute Gasteiger partial charge is 0.258 e. The van der Waals surface area contributed by atoms with Gasteiger partial charge in [-0.2, -0.15) is 9.57 Å². The van der Waals surface area contributed by atoms with Crippen molar-refractivity contribution in [1.82, 2.24) is 14.3 Å². The zero-order valence-corrected chi connectivity index (χ0v) is 18.4. The largest absolute Gasteiger partial charge is 0.308 e. The maximum atomic E-state index is 13.0. The lowest BCUT2D eigenvalue weighted by Gasteiger charge is -2.25. The third-order valence-corrected chi connectivity index (χ3v) is 7.55. The van der Waals surface area contributed by atoms with E-state index in [1.54, 1.807) is 18.2 Å². The van der Waals surface area contributed by atoms with Crippen molar-refractivity contribution in [2.75, 3.05) is 13.1 Å². The van der Waals surface area contributed by atoms with Crippen molar-refractivity contribution in [3.8, 4) is 6.07 Å². The highest BCUT2D eigenvalue weighted by Gasteiger charge is 2.28. The Morgan fingerprint density at radius 1 is 1.12 bits per heavy atom. The molecule has 1 aliphatic heterocycles. The van der Waals surface area contributed by atoms with Gasteiger partial charge in [-0.15, -0.1) is 0 Å². The number of nitrogens with zero attached hydrogens (tertiary/aromatic N) is 3. The summed E-state index contributed by atoms with van der Waals surface area (Å²) in [6.45, 7) is 2.82. The van der Waals surface area contributed by atoms with E-state index < -0.39 is 27.3 Å². The van der Waals surface area contributed by atoms with Gasteiger partial charge < -0.3 is 4.98 Å². The summed E-state index contributed by atoms with van der Waals surface area (Å²) in [5.74, 6) is -1.93. The van der Waals surface area contributed by atoms with Crippen LogP contribution in [-0.4, -0.2) is 41.6 Å². The Balaban J connectivity index is 1.63. The molecule has 9 heteroatoms. The minimum Gasteiger partial charge on any atom is -0.308 e. The topological polar surface area (TPSA) is 124 Å². The minimum atomic E-state index is -3.62. The maximum Gasteiger partial charge on any atom is 0.258 e. The molecule has 0 unspecified atom stereocenters. The van der Waals surface area contributed by atoms with Crippen LogP contribution in [0.5, 0.6) is 0 Å². The summed E-state index contributed by atoms with van der Waals surface area (Å²) >= 11 is 0. The summed E-state index contributed by atoms with van der Waals surface area (Å²) in [5.41, 5.74) is 1.03. The number of aromatic nitrogens is 2. The number of hydrogen-bond donors (Lipinski definition) is 1. The van der Waals surface area contributed by atoms with E-state index in [4.69, 9.17) is 0 Å². The second-order valence-electron chi connectivity index (χ2n) is 7.89. The Hall–Kier alpha value is -3.35. The second-order valence-corrected chi connectivity index (χ2v) is 9.83. The van der Waals surface area contributed by atoms with E-state index in [2.05, 4.69) is 9.97 Å². The molecule has 0 saturated carbocycles. The molecular weight excluding hydrogens is 428 g/mol. The predicted molar refractivity (Wildman–Crippen MR) is 119 cm³/mol. The van der Waals surface area contributed by atoms with Crippen molar-refractivity contribution < 1.29 is 13.2 Å². The van der Waals surface area contributed by atoms with Gasteiger partial charge in [0.15, 0.2) is 11.7 Å². The SMILES string of the molecule is Cc1ccc2nc([C@H](C#N)C(=O)c3ccc(S(=O)(=O)N4CCCCC4)cc3)[nH]c(=O)c2c1. The molecule has 1 aromatic heterocycles. The van der Waals surface area contributed by atoms with Crippen LogP contribution in [0.15, 0.2) is 52.2 Å². The number of piperidine rings is 1. The Kier molecular flexibility index (Phi) is 5.91. The predicted octanol–water partition coefficient (Wildman–Crippen LogP) is 2.90. The number of benzene rings is 2. The van der Waals surface area contributed by atoms with Crippen molar-refractivity contribution in [3.05, 3.63) is 69.8 Å². The lowest BCUT2D eigenvalue weighted by atomic mass is 9.98. The quantitative estimate of drug-likeness (QED) is 0.596. The highest BCUT2D eigenvalue weighted by molar-refractivity contribution is 7.89. The molecule has 8 nitrogen and oxygen atoms in total. The van der Waals surface area contributed by atoms with Crippen molar-refractivity contribution in [3.63, 3.8) is 0 Å². The molecule has 1 fully saturated rings. The standard InChI is InChI=1S/C23H22N4O4S/c1-15-5-10-20-18(13-15)23(29)26-22(25-20)19(14-24)21(28)16-6-8-17(9-7-16)32(30,31)27-11-3-2-4-12-27/h5-10,13,19H,2-4,11-12H2,1H3,(H,25,26,29)/t19-/m1/s1. The van der Waals surface area contributed by atoms with Crippen molar-refractivity contribution in [2.24, 2.45) is 0 Å². The number of carbonyl (C=O) groups is 1. The molecule has 0 aliphatic carbocycles. The lowest BCUT2D eigenvalue weighted by Crippen LogP contribution is -2.35. The first-order valence-corrected chi connectivity index (χ1v) is 11.8. The Morgan fingerprint density at radius 2 is 1.81 bits per heavy atom. The third-order valence-electron chi connectivity index (χ3n) is 5.64. The fourth-order valence-electron chi connectivity index (χ4n) is 3.86. The molecule has 0 radical (unpaired) electrons. The Bertz CT molecular complexity index is 1380. The number of hydrogen-bond acceptors (Lipinski definition) is 6. The lowest BCUT2D eigenvalue weighted by molar-refractivity contribution is 0.0976. The van der Waals surface area contributed by atoms with Crippen LogP contribution >= 0.6 is 0 Å².